The first-order valence-corrected chi connectivity index (χ1v) is 5.27. The minimum Gasteiger partial charge on any atom is -0.313 e. The van der Waals surface area contributed by atoms with Crippen molar-refractivity contribution in [3.05, 3.63) is 50.9 Å². The van der Waals surface area contributed by atoms with E-state index in [0.29, 0.717) is 6.54 Å². The zero-order valence-corrected chi connectivity index (χ0v) is 9.68. The molecular weight excluding hydrogens is 222 g/mol. The lowest BCUT2D eigenvalue weighted by Gasteiger charge is -2.08. The van der Waals surface area contributed by atoms with Crippen LogP contribution in [0.1, 0.15) is 6.92 Å². The Morgan fingerprint density at radius 3 is 2.88 bits per heavy atom. The lowest BCUT2D eigenvalue weighted by Crippen LogP contribution is -2.24. The van der Waals surface area contributed by atoms with Crippen molar-refractivity contribution in [2.75, 3.05) is 13.1 Å². The van der Waals surface area contributed by atoms with Crippen LogP contribution < -0.4 is 10.9 Å². The molecule has 0 unspecified atom stereocenters. The highest BCUT2D eigenvalue weighted by Gasteiger charge is 2.08. The maximum Gasteiger partial charge on any atom is 0.285 e. The number of aromatic nitrogens is 1. The van der Waals surface area contributed by atoms with Crippen molar-refractivity contribution in [2.24, 2.45) is 0 Å². The van der Waals surface area contributed by atoms with Gasteiger partial charge in [0.2, 0.25) is 0 Å². The molecule has 0 aliphatic carbocycles. The van der Waals surface area contributed by atoms with Gasteiger partial charge in [-0.15, -0.1) is 0 Å². The lowest BCUT2D eigenvalue weighted by atomic mass is 10.3. The first-order chi connectivity index (χ1) is 8.04. The van der Waals surface area contributed by atoms with Crippen LogP contribution in [0.5, 0.6) is 0 Å². The number of rotatable bonds is 6. The van der Waals surface area contributed by atoms with Crippen molar-refractivity contribution in [3.8, 4) is 0 Å². The molecule has 0 aliphatic heterocycles. The van der Waals surface area contributed by atoms with Gasteiger partial charge in [-0.1, -0.05) is 13.5 Å². The molecular formula is C11H15N3O3. The molecule has 0 radical (unpaired) electrons. The van der Waals surface area contributed by atoms with Gasteiger partial charge in [0.05, 0.1) is 11.1 Å². The predicted octanol–water partition coefficient (Wildman–Crippen LogP) is 0.922. The maximum absolute atomic E-state index is 11.5. The molecule has 92 valence electrons. The summed E-state index contributed by atoms with van der Waals surface area (Å²) in [6.45, 7) is 7.46. The van der Waals surface area contributed by atoms with Crippen LogP contribution in [-0.2, 0) is 6.54 Å². The molecule has 0 saturated heterocycles. The van der Waals surface area contributed by atoms with Gasteiger partial charge >= 0.3 is 0 Å². The average Bonchev–Trinajstić information content (AvgIpc) is 2.29. The zero-order valence-electron chi connectivity index (χ0n) is 9.68. The van der Waals surface area contributed by atoms with Crippen LogP contribution in [0.25, 0.3) is 0 Å². The van der Waals surface area contributed by atoms with Crippen LogP contribution in [0, 0.1) is 10.1 Å². The molecule has 1 rings (SSSR count). The summed E-state index contributed by atoms with van der Waals surface area (Å²) in [5, 5.41) is 13.7. The van der Waals surface area contributed by atoms with Gasteiger partial charge < -0.3 is 9.88 Å². The van der Waals surface area contributed by atoms with Gasteiger partial charge in [-0.25, -0.2) is 0 Å². The Balaban J connectivity index is 2.83. The minimum absolute atomic E-state index is 0.0964. The van der Waals surface area contributed by atoms with Crippen molar-refractivity contribution < 1.29 is 4.92 Å². The van der Waals surface area contributed by atoms with Crippen LogP contribution in [0.3, 0.4) is 0 Å². The third-order valence-corrected chi connectivity index (χ3v) is 2.20. The van der Waals surface area contributed by atoms with Gasteiger partial charge in [0.1, 0.15) is 0 Å². The first-order valence-electron chi connectivity index (χ1n) is 5.27. The van der Waals surface area contributed by atoms with Gasteiger partial charge in [0.25, 0.3) is 11.2 Å². The van der Waals surface area contributed by atoms with Crippen molar-refractivity contribution in [1.29, 1.82) is 0 Å². The molecule has 1 N–H and O–H groups in total. The molecule has 0 bridgehead atoms. The summed E-state index contributed by atoms with van der Waals surface area (Å²) < 4.78 is 1.29. The van der Waals surface area contributed by atoms with Gasteiger partial charge in [-0.2, -0.15) is 0 Å². The SMILES string of the molecule is C=C(CNCC)Cn1cc([N+](=O)[O-])ccc1=O. The summed E-state index contributed by atoms with van der Waals surface area (Å²) in [5.41, 5.74) is 0.434. The Labute approximate surface area is 98.7 Å². The van der Waals surface area contributed by atoms with E-state index in [2.05, 4.69) is 11.9 Å². The largest absolute Gasteiger partial charge is 0.313 e. The molecule has 17 heavy (non-hydrogen) atoms. The Kier molecular flexibility index (Phi) is 4.59. The summed E-state index contributed by atoms with van der Waals surface area (Å²) >= 11 is 0. The molecule has 1 aromatic heterocycles. The maximum atomic E-state index is 11.5. The van der Waals surface area contributed by atoms with Crippen molar-refractivity contribution >= 4 is 5.69 Å². The Morgan fingerprint density at radius 1 is 1.59 bits per heavy atom. The number of pyridine rings is 1. The predicted molar refractivity (Wildman–Crippen MR) is 65.0 cm³/mol. The van der Waals surface area contributed by atoms with E-state index in [1.807, 2.05) is 6.92 Å². The van der Waals surface area contributed by atoms with Gasteiger partial charge in [0.15, 0.2) is 0 Å². The second-order valence-corrected chi connectivity index (χ2v) is 3.64. The molecule has 0 atom stereocenters. The second-order valence-electron chi connectivity index (χ2n) is 3.64. The summed E-state index contributed by atoms with van der Waals surface area (Å²) in [7, 11) is 0. The van der Waals surface area contributed by atoms with Gasteiger partial charge in [0, 0.05) is 25.2 Å². The Hall–Kier alpha value is -1.95. The quantitative estimate of drug-likeness (QED) is 0.453. The smallest absolute Gasteiger partial charge is 0.285 e. The number of nitro groups is 1. The molecule has 0 saturated carbocycles. The topological polar surface area (TPSA) is 77.2 Å². The van der Waals surface area contributed by atoms with Gasteiger partial charge in [-0.3, -0.25) is 14.9 Å². The van der Waals surface area contributed by atoms with Crippen LogP contribution in [0.2, 0.25) is 0 Å². The molecule has 0 amide bonds. The molecule has 0 fully saturated rings. The molecule has 6 heteroatoms. The first kappa shape index (κ1) is 13.1. The van der Waals surface area contributed by atoms with E-state index in [1.54, 1.807) is 0 Å². The zero-order chi connectivity index (χ0) is 12.8. The highest BCUT2D eigenvalue weighted by atomic mass is 16.6. The van der Waals surface area contributed by atoms with Crippen molar-refractivity contribution in [2.45, 2.75) is 13.5 Å². The van der Waals surface area contributed by atoms with Crippen LogP contribution >= 0.6 is 0 Å². The number of likely N-dealkylation sites (N-methyl/N-ethyl adjacent to an activating group) is 1. The van der Waals surface area contributed by atoms with E-state index in [0.717, 1.165) is 12.1 Å². The van der Waals surface area contributed by atoms with Gasteiger partial charge in [-0.05, 0) is 12.1 Å². The standard InChI is InChI=1S/C11H15N3O3/c1-3-12-6-9(2)7-13-8-10(14(16)17)4-5-11(13)15/h4-5,8,12H,2-3,6-7H2,1H3. The van der Waals surface area contributed by atoms with E-state index in [4.69, 9.17) is 0 Å². The Morgan fingerprint density at radius 2 is 2.29 bits per heavy atom. The van der Waals surface area contributed by atoms with E-state index >= 15 is 0 Å². The minimum atomic E-state index is -0.525. The number of hydrogen-bond donors (Lipinski definition) is 1. The number of hydrogen-bond acceptors (Lipinski definition) is 4. The van der Waals surface area contributed by atoms with E-state index in [-0.39, 0.29) is 17.8 Å². The summed E-state index contributed by atoms with van der Waals surface area (Å²) in [6.07, 6.45) is 1.24. The molecule has 6 nitrogen and oxygen atoms in total. The molecule has 0 aliphatic rings. The monoisotopic (exact) mass is 237 g/mol. The van der Waals surface area contributed by atoms with E-state index < -0.39 is 4.92 Å². The molecule has 0 spiro atoms. The third-order valence-electron chi connectivity index (χ3n) is 2.20. The highest BCUT2D eigenvalue weighted by molar-refractivity contribution is 5.25. The molecule has 0 aromatic carbocycles. The fraction of sp³-hybridized carbons (Fsp3) is 0.364. The van der Waals surface area contributed by atoms with E-state index in [9.17, 15) is 14.9 Å². The number of nitrogens with zero attached hydrogens (tertiary/aromatic N) is 2. The Bertz CT molecular complexity index is 479. The lowest BCUT2D eigenvalue weighted by molar-refractivity contribution is -0.385. The summed E-state index contributed by atoms with van der Waals surface area (Å²) in [4.78, 5) is 21.5. The molecule has 1 heterocycles. The van der Waals surface area contributed by atoms with Crippen molar-refractivity contribution in [3.63, 3.8) is 0 Å². The summed E-state index contributed by atoms with van der Waals surface area (Å²) in [6, 6.07) is 2.39. The summed E-state index contributed by atoms with van der Waals surface area (Å²) in [5.74, 6) is 0. The van der Waals surface area contributed by atoms with Crippen molar-refractivity contribution in [1.82, 2.24) is 9.88 Å². The molecule has 1 aromatic rings. The average molecular weight is 237 g/mol. The van der Waals surface area contributed by atoms with E-state index in [1.165, 1.54) is 22.9 Å². The second kappa shape index (κ2) is 5.95. The van der Waals surface area contributed by atoms with Crippen LogP contribution in [-0.4, -0.2) is 22.6 Å². The van der Waals surface area contributed by atoms with Crippen LogP contribution in [0.4, 0.5) is 5.69 Å². The fourth-order valence-corrected chi connectivity index (χ4v) is 1.35. The third kappa shape index (κ3) is 3.84. The highest BCUT2D eigenvalue weighted by Crippen LogP contribution is 2.07. The number of nitrogens with one attached hydrogen (secondary N) is 1. The fourth-order valence-electron chi connectivity index (χ4n) is 1.35. The normalized spacial score (nSPS) is 10.2. The van der Waals surface area contributed by atoms with Crippen LogP contribution in [0.15, 0.2) is 35.3 Å².